The van der Waals surface area contributed by atoms with E-state index in [4.69, 9.17) is 13.7 Å². The summed E-state index contributed by atoms with van der Waals surface area (Å²) in [5.41, 5.74) is 1.63. The highest BCUT2D eigenvalue weighted by Crippen LogP contribution is 2.33. The van der Waals surface area contributed by atoms with Gasteiger partial charge in [-0.2, -0.15) is 8.42 Å². The van der Waals surface area contributed by atoms with Crippen LogP contribution in [0.25, 0.3) is 0 Å². The molecule has 0 saturated carbocycles. The zero-order valence-electron chi connectivity index (χ0n) is 14.5. The first-order chi connectivity index (χ1) is 11.3. The van der Waals surface area contributed by atoms with Crippen molar-refractivity contribution >= 4 is 10.1 Å². The van der Waals surface area contributed by atoms with E-state index in [1.54, 1.807) is 25.1 Å². The Balaban J connectivity index is 2.36. The van der Waals surface area contributed by atoms with Crippen LogP contribution in [0.5, 0.6) is 17.2 Å². The number of benzene rings is 2. The molecule has 0 N–H and O–H groups in total. The Bertz CT molecular complexity index is 808. The summed E-state index contributed by atoms with van der Waals surface area (Å²) < 4.78 is 40.8. The average Bonchev–Trinajstić information content (AvgIpc) is 2.54. The predicted molar refractivity (Wildman–Crippen MR) is 92.6 cm³/mol. The lowest BCUT2D eigenvalue weighted by Crippen LogP contribution is -2.12. The van der Waals surface area contributed by atoms with Crippen molar-refractivity contribution in [2.24, 2.45) is 0 Å². The minimum Gasteiger partial charge on any atom is -0.493 e. The second kappa shape index (κ2) is 7.13. The first kappa shape index (κ1) is 18.1. The molecule has 6 heteroatoms. The Hall–Kier alpha value is -2.21. The highest BCUT2D eigenvalue weighted by atomic mass is 32.2. The summed E-state index contributed by atoms with van der Waals surface area (Å²) in [5.74, 6) is 1.44. The van der Waals surface area contributed by atoms with Crippen molar-refractivity contribution in [1.82, 2.24) is 0 Å². The zero-order valence-corrected chi connectivity index (χ0v) is 15.3. The van der Waals surface area contributed by atoms with E-state index in [0.717, 1.165) is 5.56 Å². The van der Waals surface area contributed by atoms with Gasteiger partial charge in [0.25, 0.3) is 0 Å². The molecule has 0 heterocycles. The molecule has 2 rings (SSSR count). The van der Waals surface area contributed by atoms with Gasteiger partial charge in [-0.3, -0.25) is 0 Å². The van der Waals surface area contributed by atoms with Gasteiger partial charge in [-0.25, -0.2) is 0 Å². The van der Waals surface area contributed by atoms with Crippen LogP contribution in [0.4, 0.5) is 0 Å². The molecule has 5 nitrogen and oxygen atoms in total. The minimum atomic E-state index is -3.97. The van der Waals surface area contributed by atoms with Crippen LogP contribution in [0, 0.1) is 6.92 Å². The van der Waals surface area contributed by atoms with E-state index < -0.39 is 10.1 Å². The maximum Gasteiger partial charge on any atom is 0.339 e. The molecule has 2 aromatic carbocycles. The molecule has 0 amide bonds. The van der Waals surface area contributed by atoms with Crippen LogP contribution in [0.3, 0.4) is 0 Å². The van der Waals surface area contributed by atoms with Gasteiger partial charge in [0.15, 0.2) is 11.5 Å². The van der Waals surface area contributed by atoms with Crippen molar-refractivity contribution < 1.29 is 22.1 Å². The molecule has 0 aromatic heterocycles. The minimum absolute atomic E-state index is 0.0492. The molecule has 0 aliphatic rings. The maximum atomic E-state index is 12.6. The van der Waals surface area contributed by atoms with Gasteiger partial charge in [-0.05, 0) is 42.2 Å². The number of rotatable bonds is 6. The third-order valence-corrected chi connectivity index (χ3v) is 5.09. The fraction of sp³-hybridized carbons (Fsp3) is 0.333. The van der Waals surface area contributed by atoms with Crippen LogP contribution in [-0.2, 0) is 10.1 Å². The predicted octanol–water partition coefficient (Wildman–Crippen LogP) is 3.90. The van der Waals surface area contributed by atoms with Crippen LogP contribution < -0.4 is 13.7 Å². The average molecular weight is 350 g/mol. The van der Waals surface area contributed by atoms with Gasteiger partial charge in [0.1, 0.15) is 10.6 Å². The Morgan fingerprint density at radius 1 is 0.917 bits per heavy atom. The lowest BCUT2D eigenvalue weighted by Gasteiger charge is -2.14. The highest BCUT2D eigenvalue weighted by molar-refractivity contribution is 7.87. The van der Waals surface area contributed by atoms with Crippen LogP contribution in [-0.4, -0.2) is 22.6 Å². The van der Waals surface area contributed by atoms with Crippen LogP contribution in [0.2, 0.25) is 0 Å². The second-order valence-electron chi connectivity index (χ2n) is 5.73. The van der Waals surface area contributed by atoms with E-state index in [9.17, 15) is 8.42 Å². The molecular formula is C18H22O5S. The van der Waals surface area contributed by atoms with Gasteiger partial charge in [-0.1, -0.05) is 26.0 Å². The molecule has 0 radical (unpaired) electrons. The molecule has 0 aliphatic heterocycles. The van der Waals surface area contributed by atoms with E-state index in [-0.39, 0.29) is 10.6 Å². The number of ether oxygens (including phenoxy) is 2. The van der Waals surface area contributed by atoms with E-state index in [0.29, 0.717) is 23.0 Å². The number of hydrogen-bond acceptors (Lipinski definition) is 5. The Morgan fingerprint density at radius 2 is 1.46 bits per heavy atom. The van der Waals surface area contributed by atoms with Gasteiger partial charge in [-0.15, -0.1) is 0 Å². The first-order valence-electron chi connectivity index (χ1n) is 7.55. The molecule has 0 atom stereocenters. The van der Waals surface area contributed by atoms with Crippen molar-refractivity contribution in [1.29, 1.82) is 0 Å². The standard InChI is InChI=1S/C18H22O5S/c1-12(2)14-6-8-15(9-7-14)23-24(19,20)18-11-17(22-5)16(21-4)10-13(18)3/h6-12H,1-5H3. The van der Waals surface area contributed by atoms with Crippen molar-refractivity contribution in [2.45, 2.75) is 31.6 Å². The Kier molecular flexibility index (Phi) is 5.39. The van der Waals surface area contributed by atoms with Gasteiger partial charge in [0.2, 0.25) is 0 Å². The topological polar surface area (TPSA) is 61.8 Å². The molecule has 0 fully saturated rings. The zero-order chi connectivity index (χ0) is 17.9. The van der Waals surface area contributed by atoms with E-state index in [1.807, 2.05) is 12.1 Å². The van der Waals surface area contributed by atoms with Gasteiger partial charge in [0.05, 0.1) is 14.2 Å². The van der Waals surface area contributed by atoms with Crippen LogP contribution in [0.15, 0.2) is 41.3 Å². The summed E-state index contributed by atoms with van der Waals surface area (Å²) in [6.07, 6.45) is 0. The van der Waals surface area contributed by atoms with Crippen molar-refractivity contribution in [2.75, 3.05) is 14.2 Å². The molecule has 24 heavy (non-hydrogen) atoms. The number of hydrogen-bond donors (Lipinski definition) is 0. The summed E-state index contributed by atoms with van der Waals surface area (Å²) in [6.45, 7) is 5.82. The van der Waals surface area contributed by atoms with E-state index in [2.05, 4.69) is 13.8 Å². The summed E-state index contributed by atoms with van der Waals surface area (Å²) >= 11 is 0. The Morgan fingerprint density at radius 3 is 1.96 bits per heavy atom. The lowest BCUT2D eigenvalue weighted by molar-refractivity contribution is 0.353. The molecule has 0 saturated heterocycles. The fourth-order valence-corrected chi connectivity index (χ4v) is 3.47. The maximum absolute atomic E-state index is 12.6. The van der Waals surface area contributed by atoms with Gasteiger partial charge < -0.3 is 13.7 Å². The van der Waals surface area contributed by atoms with Crippen molar-refractivity contribution in [3.63, 3.8) is 0 Å². The lowest BCUT2D eigenvalue weighted by atomic mass is 10.0. The summed E-state index contributed by atoms with van der Waals surface area (Å²) in [4.78, 5) is 0.0492. The molecular weight excluding hydrogens is 328 g/mol. The molecule has 2 aromatic rings. The van der Waals surface area contributed by atoms with Crippen LogP contribution in [0.1, 0.15) is 30.9 Å². The first-order valence-corrected chi connectivity index (χ1v) is 8.96. The highest BCUT2D eigenvalue weighted by Gasteiger charge is 2.22. The number of methoxy groups -OCH3 is 2. The van der Waals surface area contributed by atoms with E-state index >= 15 is 0 Å². The van der Waals surface area contributed by atoms with Crippen molar-refractivity contribution in [3.8, 4) is 17.2 Å². The van der Waals surface area contributed by atoms with Gasteiger partial charge in [0, 0.05) is 6.07 Å². The molecule has 0 aliphatic carbocycles. The monoisotopic (exact) mass is 350 g/mol. The third-order valence-electron chi connectivity index (χ3n) is 3.70. The van der Waals surface area contributed by atoms with Crippen molar-refractivity contribution in [3.05, 3.63) is 47.5 Å². The quantitative estimate of drug-likeness (QED) is 0.739. The Labute approximate surface area is 143 Å². The molecule has 0 bridgehead atoms. The summed E-state index contributed by atoms with van der Waals surface area (Å²) in [6, 6.07) is 10.0. The van der Waals surface area contributed by atoms with Crippen LogP contribution >= 0.6 is 0 Å². The summed E-state index contributed by atoms with van der Waals surface area (Å²) in [5, 5.41) is 0. The number of aryl methyl sites for hydroxylation is 1. The SMILES string of the molecule is COc1cc(C)c(S(=O)(=O)Oc2ccc(C(C)C)cc2)cc1OC. The normalized spacial score (nSPS) is 11.4. The molecule has 130 valence electrons. The third kappa shape index (κ3) is 3.82. The van der Waals surface area contributed by atoms with Gasteiger partial charge >= 0.3 is 10.1 Å². The smallest absolute Gasteiger partial charge is 0.339 e. The molecule has 0 unspecified atom stereocenters. The second-order valence-corrected chi connectivity index (χ2v) is 7.25. The largest absolute Gasteiger partial charge is 0.493 e. The molecule has 0 spiro atoms. The fourth-order valence-electron chi connectivity index (χ4n) is 2.31. The van der Waals surface area contributed by atoms with E-state index in [1.165, 1.54) is 20.3 Å². The summed E-state index contributed by atoms with van der Waals surface area (Å²) in [7, 11) is -1.02.